The summed E-state index contributed by atoms with van der Waals surface area (Å²) in [6.07, 6.45) is 5.29. The Morgan fingerprint density at radius 1 is 1.47 bits per heavy atom. The van der Waals surface area contributed by atoms with E-state index < -0.39 is 0 Å². The van der Waals surface area contributed by atoms with Gasteiger partial charge in [-0.15, -0.1) is 0 Å². The van der Waals surface area contributed by atoms with Crippen molar-refractivity contribution in [2.45, 2.75) is 19.4 Å². The highest BCUT2D eigenvalue weighted by atomic mass is 16.5. The predicted octanol–water partition coefficient (Wildman–Crippen LogP) is 1.72. The van der Waals surface area contributed by atoms with Gasteiger partial charge in [-0.1, -0.05) is 6.07 Å². The number of imidazole rings is 1. The maximum atomic E-state index is 11.0. The molecule has 0 aliphatic heterocycles. The van der Waals surface area contributed by atoms with Crippen LogP contribution >= 0.6 is 0 Å². The van der Waals surface area contributed by atoms with Crippen molar-refractivity contribution in [3.05, 3.63) is 36.3 Å². The monoisotopic (exact) mass is 261 g/mol. The molecule has 0 fully saturated rings. The number of hydrogen-bond donors (Lipinski definition) is 0. The highest BCUT2D eigenvalue weighted by Gasteiger charge is 2.06. The number of esters is 1. The lowest BCUT2D eigenvalue weighted by atomic mass is 10.3. The zero-order valence-electron chi connectivity index (χ0n) is 11.4. The molecule has 0 aliphatic carbocycles. The Kier molecular flexibility index (Phi) is 4.52. The number of rotatable bonds is 6. The molecule has 0 aliphatic rings. The summed E-state index contributed by atoms with van der Waals surface area (Å²) in [6, 6.07) is 5.95. The van der Waals surface area contributed by atoms with Gasteiger partial charge in [-0.05, 0) is 32.1 Å². The van der Waals surface area contributed by atoms with Crippen molar-refractivity contribution >= 4 is 11.6 Å². The van der Waals surface area contributed by atoms with E-state index in [-0.39, 0.29) is 5.97 Å². The zero-order chi connectivity index (χ0) is 13.7. The van der Waals surface area contributed by atoms with E-state index in [9.17, 15) is 4.79 Å². The van der Waals surface area contributed by atoms with Crippen molar-refractivity contribution < 1.29 is 9.53 Å². The van der Waals surface area contributed by atoms with E-state index in [1.54, 1.807) is 0 Å². The third-order valence-corrected chi connectivity index (χ3v) is 2.99. The minimum Gasteiger partial charge on any atom is -0.469 e. The number of pyridine rings is 1. The maximum Gasteiger partial charge on any atom is 0.305 e. The van der Waals surface area contributed by atoms with Crippen LogP contribution in [-0.4, -0.2) is 41.0 Å². The largest absolute Gasteiger partial charge is 0.469 e. The molecule has 0 saturated carbocycles. The fraction of sp³-hybridized carbons (Fsp3) is 0.429. The number of aromatic nitrogens is 2. The Balaban J connectivity index is 1.84. The van der Waals surface area contributed by atoms with Crippen molar-refractivity contribution in [1.82, 2.24) is 14.3 Å². The molecule has 19 heavy (non-hydrogen) atoms. The van der Waals surface area contributed by atoms with Crippen molar-refractivity contribution in [3.8, 4) is 0 Å². The van der Waals surface area contributed by atoms with Crippen LogP contribution in [0.3, 0.4) is 0 Å². The summed E-state index contributed by atoms with van der Waals surface area (Å²) in [5.41, 5.74) is 1.99. The molecular weight excluding hydrogens is 242 g/mol. The average Bonchev–Trinajstić information content (AvgIpc) is 2.80. The number of carbonyl (C=O) groups is 1. The van der Waals surface area contributed by atoms with E-state index >= 15 is 0 Å². The Bertz CT molecular complexity index is 517. The SMILES string of the molecule is COC(=O)CCCN(C)Cc1cn2ccccc2n1. The normalized spacial score (nSPS) is 11.1. The molecule has 0 bridgehead atoms. The Labute approximate surface area is 112 Å². The van der Waals surface area contributed by atoms with Crippen molar-refractivity contribution in [2.24, 2.45) is 0 Å². The first-order valence-corrected chi connectivity index (χ1v) is 6.37. The van der Waals surface area contributed by atoms with Crippen LogP contribution < -0.4 is 0 Å². The van der Waals surface area contributed by atoms with Crippen LogP contribution in [0.4, 0.5) is 0 Å². The summed E-state index contributed by atoms with van der Waals surface area (Å²) in [7, 11) is 3.45. The second kappa shape index (κ2) is 6.33. The van der Waals surface area contributed by atoms with E-state index in [1.165, 1.54) is 7.11 Å². The Morgan fingerprint density at radius 2 is 2.32 bits per heavy atom. The summed E-state index contributed by atoms with van der Waals surface area (Å²) in [5.74, 6) is -0.152. The van der Waals surface area contributed by atoms with Gasteiger partial charge in [0.1, 0.15) is 5.65 Å². The molecule has 102 valence electrons. The fourth-order valence-electron chi connectivity index (χ4n) is 2.01. The van der Waals surface area contributed by atoms with E-state index in [2.05, 4.69) is 14.6 Å². The van der Waals surface area contributed by atoms with Crippen molar-refractivity contribution in [2.75, 3.05) is 20.7 Å². The number of fused-ring (bicyclic) bond motifs is 1. The van der Waals surface area contributed by atoms with Gasteiger partial charge in [-0.3, -0.25) is 4.79 Å². The predicted molar refractivity (Wildman–Crippen MR) is 72.8 cm³/mol. The standard InChI is InChI=1S/C14H19N3O2/c1-16(8-5-7-14(18)19-2)10-12-11-17-9-4-3-6-13(17)15-12/h3-4,6,9,11H,5,7-8,10H2,1-2H3. The lowest BCUT2D eigenvalue weighted by molar-refractivity contribution is -0.140. The molecule has 0 radical (unpaired) electrons. The molecule has 0 N–H and O–H groups in total. The summed E-state index contributed by atoms with van der Waals surface area (Å²) in [5, 5.41) is 0. The van der Waals surface area contributed by atoms with Gasteiger partial charge in [0.2, 0.25) is 0 Å². The van der Waals surface area contributed by atoms with Crippen LogP contribution in [0, 0.1) is 0 Å². The van der Waals surface area contributed by atoms with Gasteiger partial charge in [0.05, 0.1) is 12.8 Å². The smallest absolute Gasteiger partial charge is 0.305 e. The van der Waals surface area contributed by atoms with Crippen molar-refractivity contribution in [1.29, 1.82) is 0 Å². The molecule has 0 atom stereocenters. The minimum atomic E-state index is -0.152. The van der Waals surface area contributed by atoms with E-state index in [0.717, 1.165) is 30.9 Å². The fourth-order valence-corrected chi connectivity index (χ4v) is 2.01. The Morgan fingerprint density at radius 3 is 3.05 bits per heavy atom. The molecule has 5 nitrogen and oxygen atoms in total. The summed E-state index contributed by atoms with van der Waals surface area (Å²) < 4.78 is 6.63. The molecule has 2 rings (SSSR count). The maximum absolute atomic E-state index is 11.0. The molecule has 2 heterocycles. The zero-order valence-corrected chi connectivity index (χ0v) is 11.4. The van der Waals surface area contributed by atoms with Crippen LogP contribution in [0.2, 0.25) is 0 Å². The van der Waals surface area contributed by atoms with Gasteiger partial charge >= 0.3 is 5.97 Å². The van der Waals surface area contributed by atoms with Gasteiger partial charge in [0, 0.05) is 25.4 Å². The third kappa shape index (κ3) is 3.79. The second-order valence-corrected chi connectivity index (χ2v) is 4.62. The van der Waals surface area contributed by atoms with Gasteiger partial charge < -0.3 is 14.0 Å². The third-order valence-electron chi connectivity index (χ3n) is 2.99. The molecule has 5 heteroatoms. The molecule has 2 aromatic heterocycles. The average molecular weight is 261 g/mol. The van der Waals surface area contributed by atoms with E-state index in [1.807, 2.05) is 42.0 Å². The number of hydrogen-bond acceptors (Lipinski definition) is 4. The van der Waals surface area contributed by atoms with Crippen molar-refractivity contribution in [3.63, 3.8) is 0 Å². The number of nitrogens with zero attached hydrogens (tertiary/aromatic N) is 3. The van der Waals surface area contributed by atoms with Crippen LogP contribution in [-0.2, 0) is 16.1 Å². The summed E-state index contributed by atoms with van der Waals surface area (Å²) >= 11 is 0. The second-order valence-electron chi connectivity index (χ2n) is 4.62. The summed E-state index contributed by atoms with van der Waals surface area (Å²) in [4.78, 5) is 17.7. The molecule has 0 amide bonds. The topological polar surface area (TPSA) is 46.8 Å². The van der Waals surface area contributed by atoms with Crippen LogP contribution in [0.15, 0.2) is 30.6 Å². The lowest BCUT2D eigenvalue weighted by Gasteiger charge is -2.14. The first-order valence-electron chi connectivity index (χ1n) is 6.37. The molecule has 0 saturated heterocycles. The van der Waals surface area contributed by atoms with E-state index in [0.29, 0.717) is 6.42 Å². The van der Waals surface area contributed by atoms with Crippen LogP contribution in [0.5, 0.6) is 0 Å². The Hall–Kier alpha value is -1.88. The number of carbonyl (C=O) groups excluding carboxylic acids is 1. The molecule has 0 spiro atoms. The highest BCUT2D eigenvalue weighted by molar-refractivity contribution is 5.69. The van der Waals surface area contributed by atoms with Gasteiger partial charge in [0.15, 0.2) is 0 Å². The molecule has 0 aromatic carbocycles. The minimum absolute atomic E-state index is 0.152. The van der Waals surface area contributed by atoms with Crippen LogP contribution in [0.1, 0.15) is 18.5 Å². The van der Waals surface area contributed by atoms with Gasteiger partial charge in [0.25, 0.3) is 0 Å². The number of ether oxygens (including phenoxy) is 1. The number of methoxy groups -OCH3 is 1. The quantitative estimate of drug-likeness (QED) is 0.743. The first kappa shape index (κ1) is 13.5. The molecule has 2 aromatic rings. The van der Waals surface area contributed by atoms with E-state index in [4.69, 9.17) is 0 Å². The highest BCUT2D eigenvalue weighted by Crippen LogP contribution is 2.07. The summed E-state index contributed by atoms with van der Waals surface area (Å²) in [6.45, 7) is 1.63. The first-order chi connectivity index (χ1) is 9.19. The van der Waals surface area contributed by atoms with Gasteiger partial charge in [-0.25, -0.2) is 4.98 Å². The molecular formula is C14H19N3O2. The lowest BCUT2D eigenvalue weighted by Crippen LogP contribution is -2.20. The van der Waals surface area contributed by atoms with Gasteiger partial charge in [-0.2, -0.15) is 0 Å². The molecule has 0 unspecified atom stereocenters. The van der Waals surface area contributed by atoms with Crippen LogP contribution in [0.25, 0.3) is 5.65 Å².